The van der Waals surface area contributed by atoms with Gasteiger partial charge in [0.25, 0.3) is 0 Å². The van der Waals surface area contributed by atoms with Crippen LogP contribution in [0.3, 0.4) is 0 Å². The van der Waals surface area contributed by atoms with Crippen LogP contribution in [0.2, 0.25) is 5.02 Å². The Morgan fingerprint density at radius 2 is 1.32 bits per heavy atom. The molecule has 1 aromatic rings. The summed E-state index contributed by atoms with van der Waals surface area (Å²) in [7, 11) is 1.48. The van der Waals surface area contributed by atoms with E-state index < -0.39 is 0 Å². The normalized spacial score (nSPS) is 19.0. The van der Waals surface area contributed by atoms with Gasteiger partial charge in [-0.3, -0.25) is 9.59 Å². The summed E-state index contributed by atoms with van der Waals surface area (Å²) in [6.07, 6.45) is 8.84. The minimum Gasteiger partial charge on any atom is -0.492 e. The molecule has 2 aliphatic carbocycles. The van der Waals surface area contributed by atoms with Crippen molar-refractivity contribution in [1.82, 2.24) is 0 Å². The third-order valence-corrected chi connectivity index (χ3v) is 5.25. The van der Waals surface area contributed by atoms with Crippen LogP contribution >= 0.6 is 11.6 Å². The number of ether oxygens (including phenoxy) is 1. The lowest BCUT2D eigenvalue weighted by Gasteiger charge is -2.29. The van der Waals surface area contributed by atoms with Gasteiger partial charge in [-0.05, 0) is 44.7 Å². The van der Waals surface area contributed by atoms with Gasteiger partial charge in [0.05, 0.1) is 7.11 Å². The molecule has 0 N–H and O–H groups in total. The first-order valence-corrected chi connectivity index (χ1v) is 11.8. The van der Waals surface area contributed by atoms with Crippen LogP contribution in [-0.4, -0.2) is 18.7 Å². The van der Waals surface area contributed by atoms with Crippen molar-refractivity contribution in [2.24, 2.45) is 5.92 Å². The molecule has 1 fully saturated rings. The maximum absolute atomic E-state index is 12.7. The fourth-order valence-corrected chi connectivity index (χ4v) is 3.84. The van der Waals surface area contributed by atoms with E-state index in [1.165, 1.54) is 13.5 Å². The van der Waals surface area contributed by atoms with E-state index in [-0.39, 0.29) is 23.2 Å². The molecular formula is C27H39ClO3. The van der Waals surface area contributed by atoms with Crippen molar-refractivity contribution in [1.29, 1.82) is 0 Å². The van der Waals surface area contributed by atoms with Crippen LogP contribution in [0.25, 0.3) is 0 Å². The average molecular weight is 447 g/mol. The molecule has 0 radical (unpaired) electrons. The summed E-state index contributed by atoms with van der Waals surface area (Å²) in [4.78, 5) is 25.3. The second-order valence-electron chi connectivity index (χ2n) is 6.64. The van der Waals surface area contributed by atoms with Crippen LogP contribution in [0.4, 0.5) is 0 Å². The van der Waals surface area contributed by atoms with E-state index in [1.807, 2.05) is 58.0 Å². The highest BCUT2D eigenvalue weighted by atomic mass is 35.5. The number of halogens is 1. The summed E-state index contributed by atoms with van der Waals surface area (Å²) >= 11 is 5.54. The topological polar surface area (TPSA) is 43.4 Å². The van der Waals surface area contributed by atoms with Gasteiger partial charge in [-0.1, -0.05) is 88.9 Å². The van der Waals surface area contributed by atoms with Crippen LogP contribution in [-0.2, 0) is 14.3 Å². The van der Waals surface area contributed by atoms with Gasteiger partial charge in [-0.25, -0.2) is 0 Å². The largest absolute Gasteiger partial charge is 0.492 e. The molecule has 2 aliphatic rings. The quantitative estimate of drug-likeness (QED) is 0.433. The highest BCUT2D eigenvalue weighted by Gasteiger charge is 2.38. The van der Waals surface area contributed by atoms with Crippen LogP contribution in [0.15, 0.2) is 65.0 Å². The molecule has 3 rings (SSSR count). The van der Waals surface area contributed by atoms with Gasteiger partial charge in [0.2, 0.25) is 5.78 Å². The summed E-state index contributed by atoms with van der Waals surface area (Å²) in [5, 5.41) is 0.794. The number of benzene rings is 1. The second kappa shape index (κ2) is 16.5. The van der Waals surface area contributed by atoms with Gasteiger partial charge in [0, 0.05) is 21.7 Å². The molecule has 172 valence electrons. The van der Waals surface area contributed by atoms with Gasteiger partial charge in [-0.2, -0.15) is 0 Å². The van der Waals surface area contributed by atoms with Gasteiger partial charge >= 0.3 is 0 Å². The molecule has 0 amide bonds. The van der Waals surface area contributed by atoms with Crippen LogP contribution in [0, 0.1) is 5.92 Å². The standard InChI is InChI=1S/C17H22O3.C6H5Cl.2C2H6/c1-4-12-13(5-2)16(19)17(20-3)14(15(12)18)11-9-7-6-8-10-11;7-6-4-2-1-3-5-6;2*1-2/h4-5,11H,6-10H2,1-3H3;1-5H;2*1-2H3/b12-4+,13-5+;;;. The van der Waals surface area contributed by atoms with Gasteiger partial charge in [0.1, 0.15) is 0 Å². The van der Waals surface area contributed by atoms with Crippen LogP contribution in [0.5, 0.6) is 0 Å². The van der Waals surface area contributed by atoms with Gasteiger partial charge < -0.3 is 4.74 Å². The highest BCUT2D eigenvalue weighted by Crippen LogP contribution is 2.38. The summed E-state index contributed by atoms with van der Waals surface area (Å²) in [6.45, 7) is 11.6. The third-order valence-electron chi connectivity index (χ3n) is 5.00. The lowest BCUT2D eigenvalue weighted by atomic mass is 9.75. The number of carbonyl (C=O) groups is 2. The first-order valence-electron chi connectivity index (χ1n) is 11.5. The van der Waals surface area contributed by atoms with Crippen molar-refractivity contribution < 1.29 is 14.3 Å². The zero-order chi connectivity index (χ0) is 23.8. The summed E-state index contributed by atoms with van der Waals surface area (Å²) in [6, 6.07) is 9.44. The highest BCUT2D eigenvalue weighted by molar-refractivity contribution is 6.30. The Kier molecular flexibility index (Phi) is 15.4. The fourth-order valence-electron chi connectivity index (χ4n) is 3.69. The Hall–Kier alpha value is -2.13. The van der Waals surface area contributed by atoms with E-state index in [0.717, 1.165) is 30.7 Å². The van der Waals surface area contributed by atoms with E-state index in [9.17, 15) is 9.59 Å². The number of Topliss-reactive ketones (excluding diaryl/α,β-unsaturated/α-hetero) is 2. The summed E-state index contributed by atoms with van der Waals surface area (Å²) < 4.78 is 5.31. The van der Waals surface area contributed by atoms with E-state index >= 15 is 0 Å². The lowest BCUT2D eigenvalue weighted by molar-refractivity contribution is -0.119. The minimum atomic E-state index is -0.150. The number of carbonyl (C=O) groups excluding carboxylic acids is 2. The Morgan fingerprint density at radius 1 is 0.839 bits per heavy atom. The Labute approximate surface area is 194 Å². The third kappa shape index (κ3) is 8.14. The van der Waals surface area contributed by atoms with E-state index in [2.05, 4.69) is 0 Å². The number of rotatable bonds is 2. The average Bonchev–Trinajstić information content (AvgIpc) is 2.83. The van der Waals surface area contributed by atoms with Crippen molar-refractivity contribution >= 4 is 23.2 Å². The van der Waals surface area contributed by atoms with E-state index in [1.54, 1.807) is 26.0 Å². The molecule has 1 aromatic carbocycles. The second-order valence-corrected chi connectivity index (χ2v) is 7.08. The zero-order valence-electron chi connectivity index (χ0n) is 20.3. The SMILES string of the molecule is C/C=C1/C(=O)C(OC)=C(C2CCCCC2)C(=O)/C1=C/C.CC.CC.Clc1ccccc1. The molecule has 4 heteroatoms. The predicted octanol–water partition coefficient (Wildman–Crippen LogP) is 7.90. The number of ketones is 2. The molecule has 0 aromatic heterocycles. The number of allylic oxidation sites excluding steroid dienone is 5. The Balaban J connectivity index is 0.000000681. The van der Waals surface area contributed by atoms with E-state index in [0.29, 0.717) is 16.7 Å². The molecule has 0 aliphatic heterocycles. The Bertz CT molecular complexity index is 767. The maximum atomic E-state index is 12.7. The van der Waals surface area contributed by atoms with Crippen LogP contribution in [0.1, 0.15) is 73.6 Å². The predicted molar refractivity (Wildman–Crippen MR) is 132 cm³/mol. The van der Waals surface area contributed by atoms with Crippen molar-refractivity contribution in [3.63, 3.8) is 0 Å². The van der Waals surface area contributed by atoms with Gasteiger partial charge in [0.15, 0.2) is 11.5 Å². The molecular weight excluding hydrogens is 408 g/mol. The van der Waals surface area contributed by atoms with Crippen molar-refractivity contribution in [2.75, 3.05) is 7.11 Å². The van der Waals surface area contributed by atoms with Crippen LogP contribution < -0.4 is 0 Å². The maximum Gasteiger partial charge on any atom is 0.228 e. The monoisotopic (exact) mass is 446 g/mol. The fraction of sp³-hybridized carbons (Fsp3) is 0.481. The summed E-state index contributed by atoms with van der Waals surface area (Å²) in [5.74, 6) is 0.260. The van der Waals surface area contributed by atoms with Crippen molar-refractivity contribution in [2.45, 2.75) is 73.6 Å². The molecule has 3 nitrogen and oxygen atoms in total. The number of hydrogen-bond donors (Lipinski definition) is 0. The molecule has 0 heterocycles. The zero-order valence-corrected chi connectivity index (χ0v) is 21.0. The first kappa shape index (κ1) is 28.9. The Morgan fingerprint density at radius 3 is 1.71 bits per heavy atom. The molecule has 0 saturated heterocycles. The summed E-state index contributed by atoms with van der Waals surface area (Å²) in [5.41, 5.74) is 1.60. The smallest absolute Gasteiger partial charge is 0.228 e. The first-order chi connectivity index (χ1) is 15.0. The number of hydrogen-bond acceptors (Lipinski definition) is 3. The molecule has 0 spiro atoms. The van der Waals surface area contributed by atoms with Gasteiger partial charge in [-0.15, -0.1) is 0 Å². The molecule has 0 unspecified atom stereocenters. The lowest BCUT2D eigenvalue weighted by Crippen LogP contribution is -2.30. The minimum absolute atomic E-state index is 0.0241. The molecule has 31 heavy (non-hydrogen) atoms. The molecule has 0 bridgehead atoms. The van der Waals surface area contributed by atoms with Crippen molar-refractivity contribution in [3.05, 3.63) is 70.0 Å². The van der Waals surface area contributed by atoms with E-state index in [4.69, 9.17) is 16.3 Å². The molecule has 1 saturated carbocycles. The number of methoxy groups -OCH3 is 1. The van der Waals surface area contributed by atoms with Crippen molar-refractivity contribution in [3.8, 4) is 0 Å². The molecule has 0 atom stereocenters.